The van der Waals surface area contributed by atoms with Crippen LogP contribution in [0.4, 0.5) is 0 Å². The van der Waals surface area contributed by atoms with Gasteiger partial charge in [-0.1, -0.05) is 6.07 Å². The van der Waals surface area contributed by atoms with Crippen LogP contribution in [0.1, 0.15) is 41.4 Å². The lowest BCUT2D eigenvalue weighted by molar-refractivity contribution is 0.111. The molecule has 0 bridgehead atoms. The highest BCUT2D eigenvalue weighted by atomic mass is 16.5. The Labute approximate surface area is 170 Å². The van der Waals surface area contributed by atoms with Crippen LogP contribution in [-0.4, -0.2) is 47.1 Å². The number of aromatic nitrogens is 3. The van der Waals surface area contributed by atoms with Crippen molar-refractivity contribution >= 4 is 17.3 Å². The number of likely N-dealkylation sites (N-methyl/N-ethyl adjacent to an activating group) is 1. The third kappa shape index (κ3) is 3.96. The first-order valence-corrected chi connectivity index (χ1v) is 10.0. The molecule has 0 spiro atoms. The summed E-state index contributed by atoms with van der Waals surface area (Å²) in [4.78, 5) is 20.4. The largest absolute Gasteiger partial charge is 0.491 e. The molecule has 1 aliphatic rings. The van der Waals surface area contributed by atoms with Crippen LogP contribution in [0, 0.1) is 6.92 Å². The molecule has 0 saturated heterocycles. The van der Waals surface area contributed by atoms with Gasteiger partial charge in [-0.25, -0.2) is 9.97 Å². The highest BCUT2D eigenvalue weighted by molar-refractivity contribution is 5.83. The van der Waals surface area contributed by atoms with Gasteiger partial charge < -0.3 is 19.4 Å². The third-order valence-electron chi connectivity index (χ3n) is 5.51. The van der Waals surface area contributed by atoms with Crippen molar-refractivity contribution in [2.75, 3.05) is 20.2 Å². The second-order valence-corrected chi connectivity index (χ2v) is 7.36. The van der Waals surface area contributed by atoms with Crippen LogP contribution in [0.25, 0.3) is 11.0 Å². The summed E-state index contributed by atoms with van der Waals surface area (Å²) in [5.74, 6) is 1.15. The molecule has 7 nitrogen and oxygen atoms in total. The highest BCUT2D eigenvalue weighted by Crippen LogP contribution is 2.36. The van der Waals surface area contributed by atoms with Crippen LogP contribution in [0.2, 0.25) is 0 Å². The lowest BCUT2D eigenvalue weighted by Gasteiger charge is -2.18. The van der Waals surface area contributed by atoms with Gasteiger partial charge in [-0.3, -0.25) is 4.79 Å². The number of nitrogens with one attached hydrogen (secondary N) is 1. The maximum Gasteiger partial charge on any atom is 0.157 e. The van der Waals surface area contributed by atoms with E-state index >= 15 is 0 Å². The van der Waals surface area contributed by atoms with Gasteiger partial charge in [0.15, 0.2) is 6.29 Å². The van der Waals surface area contributed by atoms with E-state index in [1.807, 2.05) is 26.1 Å². The molecule has 1 saturated carbocycles. The van der Waals surface area contributed by atoms with Crippen molar-refractivity contribution in [3.63, 3.8) is 0 Å². The molecular formula is C22H26N4O3. The first-order chi connectivity index (χ1) is 14.2. The molecule has 2 atom stereocenters. The lowest BCUT2D eigenvalue weighted by atomic mass is 10.2. The fourth-order valence-corrected chi connectivity index (χ4v) is 3.98. The molecule has 1 fully saturated rings. The molecule has 29 heavy (non-hydrogen) atoms. The Balaban J connectivity index is 1.48. The first kappa shape index (κ1) is 19.4. The standard InChI is InChI=1S/C22H26N4O3/c1-15-18-8-10-26(22(18)25-14-24-15)16-6-7-17(12-16)29-21-5-3-4-20(19(21)13-27)28-11-9-23-2/h3-5,8,10,13-14,16-17,23H,6-7,9,11-12H2,1-2H3. The highest BCUT2D eigenvalue weighted by Gasteiger charge is 2.29. The minimum atomic E-state index is 0.0478. The predicted octanol–water partition coefficient (Wildman–Crippen LogP) is 3.32. The van der Waals surface area contributed by atoms with Gasteiger partial charge in [0.2, 0.25) is 0 Å². The Morgan fingerprint density at radius 2 is 2.10 bits per heavy atom. The van der Waals surface area contributed by atoms with E-state index in [0.29, 0.717) is 36.3 Å². The van der Waals surface area contributed by atoms with Gasteiger partial charge in [-0.05, 0) is 45.0 Å². The fourth-order valence-electron chi connectivity index (χ4n) is 3.98. The Kier molecular flexibility index (Phi) is 5.76. The van der Waals surface area contributed by atoms with E-state index in [0.717, 1.165) is 42.3 Å². The molecule has 3 aromatic rings. The number of aldehydes is 1. The van der Waals surface area contributed by atoms with Gasteiger partial charge in [0, 0.05) is 30.6 Å². The van der Waals surface area contributed by atoms with Gasteiger partial charge >= 0.3 is 0 Å². The second kappa shape index (κ2) is 8.61. The molecule has 2 aromatic heterocycles. The third-order valence-corrected chi connectivity index (χ3v) is 5.51. The van der Waals surface area contributed by atoms with E-state index in [1.165, 1.54) is 0 Å². The summed E-state index contributed by atoms with van der Waals surface area (Å²) in [6.45, 7) is 3.21. The Hall–Kier alpha value is -2.93. The number of ether oxygens (including phenoxy) is 2. The van der Waals surface area contributed by atoms with Gasteiger partial charge in [0.25, 0.3) is 0 Å². The molecule has 1 aliphatic carbocycles. The maximum atomic E-state index is 11.7. The number of aryl methyl sites for hydroxylation is 1. The van der Waals surface area contributed by atoms with Gasteiger partial charge in [0.05, 0.1) is 11.3 Å². The molecule has 7 heteroatoms. The number of hydrogen-bond acceptors (Lipinski definition) is 6. The smallest absolute Gasteiger partial charge is 0.157 e. The normalized spacial score (nSPS) is 18.8. The van der Waals surface area contributed by atoms with Crippen LogP contribution in [0.5, 0.6) is 11.5 Å². The van der Waals surface area contributed by atoms with E-state index in [-0.39, 0.29) is 6.10 Å². The summed E-state index contributed by atoms with van der Waals surface area (Å²) in [5, 5.41) is 4.12. The summed E-state index contributed by atoms with van der Waals surface area (Å²) in [7, 11) is 1.86. The number of benzene rings is 1. The monoisotopic (exact) mass is 394 g/mol. The zero-order chi connectivity index (χ0) is 20.2. The van der Waals surface area contributed by atoms with Crippen LogP contribution in [0.3, 0.4) is 0 Å². The average molecular weight is 394 g/mol. The predicted molar refractivity (Wildman–Crippen MR) is 111 cm³/mol. The molecule has 0 amide bonds. The van der Waals surface area contributed by atoms with E-state index < -0.39 is 0 Å². The average Bonchev–Trinajstić information content (AvgIpc) is 3.36. The van der Waals surface area contributed by atoms with Crippen molar-refractivity contribution in [2.24, 2.45) is 0 Å². The Bertz CT molecular complexity index is 1000. The Morgan fingerprint density at radius 1 is 1.24 bits per heavy atom. The Morgan fingerprint density at radius 3 is 2.93 bits per heavy atom. The molecule has 152 valence electrons. The summed E-state index contributed by atoms with van der Waals surface area (Å²) >= 11 is 0. The minimum absolute atomic E-state index is 0.0478. The molecule has 2 unspecified atom stereocenters. The molecule has 0 aliphatic heterocycles. The van der Waals surface area contributed by atoms with Crippen molar-refractivity contribution in [2.45, 2.75) is 38.3 Å². The van der Waals surface area contributed by atoms with E-state index in [9.17, 15) is 4.79 Å². The summed E-state index contributed by atoms with van der Waals surface area (Å²) in [6, 6.07) is 7.90. The van der Waals surface area contributed by atoms with Crippen LogP contribution >= 0.6 is 0 Å². The van der Waals surface area contributed by atoms with Crippen LogP contribution in [-0.2, 0) is 0 Å². The second-order valence-electron chi connectivity index (χ2n) is 7.36. The molecule has 4 rings (SSSR count). The number of fused-ring (bicyclic) bond motifs is 1. The quantitative estimate of drug-likeness (QED) is 0.466. The van der Waals surface area contributed by atoms with Gasteiger partial charge in [-0.15, -0.1) is 0 Å². The van der Waals surface area contributed by atoms with Crippen LogP contribution < -0.4 is 14.8 Å². The summed E-state index contributed by atoms with van der Waals surface area (Å²) in [5.41, 5.74) is 2.43. The molecular weight excluding hydrogens is 368 g/mol. The van der Waals surface area contributed by atoms with Gasteiger partial charge in [0.1, 0.15) is 36.2 Å². The fraction of sp³-hybridized carbons (Fsp3) is 0.409. The number of nitrogens with zero attached hydrogens (tertiary/aromatic N) is 3. The van der Waals surface area contributed by atoms with E-state index in [4.69, 9.17) is 9.47 Å². The summed E-state index contributed by atoms with van der Waals surface area (Å²) in [6.07, 6.45) is 7.38. The van der Waals surface area contributed by atoms with E-state index in [1.54, 1.807) is 12.4 Å². The van der Waals surface area contributed by atoms with E-state index in [2.05, 4.69) is 32.1 Å². The topological polar surface area (TPSA) is 78.3 Å². The van der Waals surface area contributed by atoms with Crippen molar-refractivity contribution in [1.29, 1.82) is 0 Å². The van der Waals surface area contributed by atoms with Gasteiger partial charge in [-0.2, -0.15) is 0 Å². The zero-order valence-electron chi connectivity index (χ0n) is 16.8. The molecule has 0 radical (unpaired) electrons. The van der Waals surface area contributed by atoms with Crippen molar-refractivity contribution in [3.8, 4) is 11.5 Å². The first-order valence-electron chi connectivity index (χ1n) is 10.0. The number of rotatable bonds is 8. The van der Waals surface area contributed by atoms with Crippen molar-refractivity contribution in [1.82, 2.24) is 19.9 Å². The molecule has 1 aromatic carbocycles. The lowest BCUT2D eigenvalue weighted by Crippen LogP contribution is -2.17. The molecule has 1 N–H and O–H groups in total. The minimum Gasteiger partial charge on any atom is -0.491 e. The van der Waals surface area contributed by atoms with Crippen molar-refractivity contribution < 1.29 is 14.3 Å². The SMILES string of the molecule is CNCCOc1cccc(OC2CCC(n3ccc4c(C)ncnc43)C2)c1C=O. The van der Waals surface area contributed by atoms with Crippen LogP contribution in [0.15, 0.2) is 36.8 Å². The number of carbonyl (C=O) groups is 1. The zero-order valence-corrected chi connectivity index (χ0v) is 16.8. The maximum absolute atomic E-state index is 11.7. The van der Waals surface area contributed by atoms with Crippen molar-refractivity contribution in [3.05, 3.63) is 48.0 Å². The summed E-state index contributed by atoms with van der Waals surface area (Å²) < 4.78 is 14.2. The number of hydrogen-bond donors (Lipinski definition) is 1. The number of carbonyl (C=O) groups excluding carboxylic acids is 1. The molecule has 2 heterocycles.